The van der Waals surface area contributed by atoms with Gasteiger partial charge < -0.3 is 54.0 Å². The van der Waals surface area contributed by atoms with Gasteiger partial charge in [0, 0.05) is 27.2 Å². The van der Waals surface area contributed by atoms with Gasteiger partial charge >= 0.3 is 43.0 Å². The Morgan fingerprint density at radius 2 is 1.34 bits per heavy atom. The summed E-state index contributed by atoms with van der Waals surface area (Å²) >= 11 is 2.53. The molecule has 0 unspecified atom stereocenters. The second-order valence-electron chi connectivity index (χ2n) is 20.5. The second kappa shape index (κ2) is 34.8. The quantitative estimate of drug-likeness (QED) is 0.00927. The minimum Gasteiger partial charge on any atom is -0.478 e. The number of unbranched alkanes of at least 4 members (excludes halogenated alkanes) is 1. The molecule has 452 valence electrons. The third-order valence-electron chi connectivity index (χ3n) is 11.5. The van der Waals surface area contributed by atoms with Crippen molar-refractivity contribution < 1.29 is 80.6 Å². The number of carbonyl (C=O) groups is 6. The Balaban J connectivity index is 0.000000650. The smallest absolute Gasteiger partial charge is 0.478 e. The summed E-state index contributed by atoms with van der Waals surface area (Å²) < 4.78 is 38.1. The number of aromatic carboxylic acids is 2. The molecule has 27 heteroatoms. The average molecular weight is 1210 g/mol. The van der Waals surface area contributed by atoms with Gasteiger partial charge in [0.25, 0.3) is 5.91 Å². The maximum absolute atomic E-state index is 13.1. The van der Waals surface area contributed by atoms with Crippen LogP contribution in [0.2, 0.25) is 0 Å². The van der Waals surface area contributed by atoms with Gasteiger partial charge in [-0.3, -0.25) is 24.4 Å². The molecule has 3 aromatic carbocycles. The van der Waals surface area contributed by atoms with Crippen LogP contribution in [0, 0.1) is 34.6 Å². The number of ketones is 1. The largest absolute Gasteiger partial charge is 1.00 e. The van der Waals surface area contributed by atoms with E-state index < -0.39 is 68.9 Å². The SMILES string of the molecule is CN=C(N)NCCC[C@H](NC(=O)OC(C)(C)C)C(=O)c1nc2ccc(C(=O)O)cc2s1.CON(C)C(=O)[C@H](CCCN=C(N)CS(=O)(=O)c1c(C)cc(C)c(C)c1C)NC(=O)OC(C)(C)C.O=C(O)c1ccc2ncsc2c1.[CH2-]CCC.[Li+]. The number of fused-ring (bicyclic) bond motifs is 2. The number of hydrogen-bond acceptors (Lipinski definition) is 17. The van der Waals surface area contributed by atoms with E-state index >= 15 is 0 Å². The fourth-order valence-electron chi connectivity index (χ4n) is 7.21. The number of hydrogen-bond donors (Lipinski definition) is 7. The molecule has 3 amide bonds. The van der Waals surface area contributed by atoms with E-state index in [2.05, 4.69) is 49.8 Å². The summed E-state index contributed by atoms with van der Waals surface area (Å²) in [6.07, 6.45) is 2.28. The number of carbonyl (C=O) groups excluding carboxylic acids is 4. The van der Waals surface area contributed by atoms with Crippen molar-refractivity contribution in [3.63, 3.8) is 0 Å². The van der Waals surface area contributed by atoms with Crippen molar-refractivity contribution in [3.05, 3.63) is 93.3 Å². The number of Topliss-reactive ketones (excluding diaryl/α,β-unsaturated/α-hetero) is 1. The number of guanidine groups is 1. The monoisotopic (exact) mass is 1200 g/mol. The summed E-state index contributed by atoms with van der Waals surface area (Å²) in [4.78, 5) is 93.4. The van der Waals surface area contributed by atoms with E-state index in [0.717, 1.165) is 44.2 Å². The Kier molecular flexibility index (Phi) is 31.2. The van der Waals surface area contributed by atoms with Crippen LogP contribution in [-0.4, -0.2) is 145 Å². The summed E-state index contributed by atoms with van der Waals surface area (Å²) in [5, 5.41) is 27.1. The van der Waals surface area contributed by atoms with Gasteiger partial charge in [-0.15, -0.1) is 22.7 Å². The van der Waals surface area contributed by atoms with Gasteiger partial charge in [0.05, 0.1) is 55.1 Å². The average Bonchev–Trinajstić information content (AvgIpc) is 4.05. The minimum absolute atomic E-state index is 0. The van der Waals surface area contributed by atoms with E-state index in [1.165, 1.54) is 44.0 Å². The Morgan fingerprint density at radius 1 is 0.807 bits per heavy atom. The molecule has 23 nitrogen and oxygen atoms in total. The van der Waals surface area contributed by atoms with Crippen LogP contribution in [0.1, 0.15) is 140 Å². The number of amidine groups is 1. The van der Waals surface area contributed by atoms with Crippen LogP contribution in [0.4, 0.5) is 9.59 Å². The van der Waals surface area contributed by atoms with Gasteiger partial charge in [-0.05, 0) is 154 Å². The molecule has 0 saturated heterocycles. The van der Waals surface area contributed by atoms with Crippen LogP contribution in [0.25, 0.3) is 20.4 Å². The van der Waals surface area contributed by atoms with Crippen molar-refractivity contribution in [2.75, 3.05) is 40.0 Å². The number of carboxylic acid groups (broad SMARTS) is 2. The number of benzene rings is 3. The number of sulfone groups is 1. The molecule has 0 bridgehead atoms. The number of aromatic nitrogens is 2. The van der Waals surface area contributed by atoms with Crippen LogP contribution >= 0.6 is 22.7 Å². The predicted octanol–water partition coefficient (Wildman–Crippen LogP) is 5.75. The molecule has 9 N–H and O–H groups in total. The van der Waals surface area contributed by atoms with Crippen molar-refractivity contribution in [1.82, 2.24) is 31.0 Å². The number of ether oxygens (including phenoxy) is 2. The first-order chi connectivity index (χ1) is 38.2. The molecular formula is C56H81LiN10O13S3. The van der Waals surface area contributed by atoms with E-state index in [1.54, 1.807) is 92.2 Å². The zero-order chi connectivity index (χ0) is 62.3. The van der Waals surface area contributed by atoms with E-state index in [4.69, 9.17) is 36.0 Å². The van der Waals surface area contributed by atoms with Gasteiger partial charge in [-0.1, -0.05) is 19.4 Å². The first-order valence-electron chi connectivity index (χ1n) is 26.1. The van der Waals surface area contributed by atoms with Gasteiger partial charge in [0.2, 0.25) is 5.78 Å². The normalized spacial score (nSPS) is 12.3. The number of rotatable bonds is 20. The minimum atomic E-state index is -3.68. The third kappa shape index (κ3) is 25.8. The number of nitrogens with two attached hydrogens (primary N) is 2. The fourth-order valence-corrected chi connectivity index (χ4v) is 10.7. The summed E-state index contributed by atoms with van der Waals surface area (Å²) in [5.41, 5.74) is 17.0. The molecule has 0 aliphatic carbocycles. The first kappa shape index (κ1) is 74.3. The molecular weight excluding hydrogens is 1120 g/mol. The van der Waals surface area contributed by atoms with E-state index in [9.17, 15) is 37.2 Å². The molecule has 0 aliphatic rings. The molecule has 0 saturated carbocycles. The molecule has 0 fully saturated rings. The van der Waals surface area contributed by atoms with Crippen LogP contribution < -0.4 is 46.3 Å². The Hall–Kier alpha value is -6.69. The zero-order valence-corrected chi connectivity index (χ0v) is 52.8. The first-order valence-corrected chi connectivity index (χ1v) is 29.4. The molecule has 0 aliphatic heterocycles. The molecule has 0 spiro atoms. The standard InChI is InChI=1S/C24H40N4O6S.C20H27N5O5S.C8H5NO2S.C4H9.Li/c1-15-13-16(2)21(18(4)17(15)3)35(31,32)14-20(25)26-12-10-11-19(22(29)28(8)33-9)27-23(30)34-24(5,6)7;1-20(2,3)30-19(29)25-13(6-5-9-23-18(21)22-4)15(26)16-24-12-8-7-11(17(27)28)10-14(12)31-16;10-8(11)5-1-2-6-7(3-5)12-4-9-6;1-3-4-2;/h13,19H,10-12,14H2,1-9H3,(H2,25,26)(H,27,30);7-8,10,13H,5-6,9H2,1-4H3,(H,25,29)(H,27,28)(H3,21,22,23);1-4H,(H,10,11);1,3-4H2,2H3;/q;;;-1;+1/t19-;13-;;;/m00.../s1. The molecule has 5 rings (SSSR count). The number of nitrogens with zero attached hydrogens (tertiary/aromatic N) is 5. The molecule has 5 aromatic rings. The molecule has 83 heavy (non-hydrogen) atoms. The van der Waals surface area contributed by atoms with Gasteiger partial charge in [-0.2, -0.15) is 6.42 Å². The van der Waals surface area contributed by atoms with E-state index in [1.807, 2.05) is 19.9 Å². The predicted molar refractivity (Wildman–Crippen MR) is 322 cm³/mol. The maximum Gasteiger partial charge on any atom is 1.00 e. The Labute approximate surface area is 506 Å². The number of amides is 3. The van der Waals surface area contributed by atoms with Crippen LogP contribution in [-0.2, 0) is 28.9 Å². The number of aryl methyl sites for hydroxylation is 2. The molecule has 2 heterocycles. The number of carboxylic acids is 2. The van der Waals surface area contributed by atoms with E-state index in [0.29, 0.717) is 52.7 Å². The number of likely N-dealkylation sites (N-methyl/N-ethyl adjacent to an activating group) is 1. The Bertz CT molecular complexity index is 3170. The second-order valence-corrected chi connectivity index (χ2v) is 24.4. The summed E-state index contributed by atoms with van der Waals surface area (Å²) in [6, 6.07) is 9.45. The Morgan fingerprint density at radius 3 is 1.86 bits per heavy atom. The molecule has 2 atom stereocenters. The number of alkyl carbamates (subject to hydrolysis) is 2. The topological polar surface area (TPSA) is 347 Å². The van der Waals surface area contributed by atoms with Crippen LogP contribution in [0.5, 0.6) is 0 Å². The zero-order valence-electron chi connectivity index (χ0n) is 50.3. The van der Waals surface area contributed by atoms with Crippen LogP contribution in [0.15, 0.2) is 62.9 Å². The van der Waals surface area contributed by atoms with Gasteiger partial charge in [0.15, 0.2) is 20.8 Å². The number of thiazole rings is 2. The molecule has 0 radical (unpaired) electrons. The van der Waals surface area contributed by atoms with Crippen molar-refractivity contribution in [1.29, 1.82) is 0 Å². The van der Waals surface area contributed by atoms with Crippen molar-refractivity contribution in [3.8, 4) is 0 Å². The van der Waals surface area contributed by atoms with E-state index in [-0.39, 0.29) is 64.9 Å². The van der Waals surface area contributed by atoms with Crippen LogP contribution in [0.3, 0.4) is 0 Å². The van der Waals surface area contributed by atoms with Gasteiger partial charge in [-0.25, -0.2) is 42.6 Å². The maximum atomic E-state index is 13.1. The molecule has 2 aromatic heterocycles. The summed E-state index contributed by atoms with van der Waals surface area (Å²) in [7, 11) is 0.650. The number of aliphatic imine (C=N–C) groups is 2. The summed E-state index contributed by atoms with van der Waals surface area (Å²) in [5.74, 6) is -2.93. The third-order valence-corrected chi connectivity index (χ3v) is 15.2. The van der Waals surface area contributed by atoms with Crippen molar-refractivity contribution in [2.24, 2.45) is 21.5 Å². The fraction of sp³-hybridized carbons (Fsp3) is 0.482. The number of nitrogens with one attached hydrogen (secondary N) is 3. The van der Waals surface area contributed by atoms with Crippen molar-refractivity contribution in [2.45, 2.75) is 143 Å². The van der Waals surface area contributed by atoms with Gasteiger partial charge in [0.1, 0.15) is 28.8 Å². The summed E-state index contributed by atoms with van der Waals surface area (Å²) in [6.45, 7) is 24.1. The number of hydroxylamine groups is 2. The van der Waals surface area contributed by atoms with Crippen molar-refractivity contribution >= 4 is 101 Å².